The van der Waals surface area contributed by atoms with Crippen LogP contribution in [0.15, 0.2) is 61.2 Å². The lowest BCUT2D eigenvalue weighted by atomic mass is 9.86. The van der Waals surface area contributed by atoms with Crippen molar-refractivity contribution in [2.24, 2.45) is 0 Å². The lowest BCUT2D eigenvalue weighted by Crippen LogP contribution is -2.33. The molecule has 0 bridgehead atoms. The molecular weight excluding hydrogens is 393 g/mol. The summed E-state index contributed by atoms with van der Waals surface area (Å²) in [7, 11) is 0. The molecule has 4 heterocycles. The molecule has 5 rings (SSSR count). The second kappa shape index (κ2) is 6.84. The van der Waals surface area contributed by atoms with Crippen LogP contribution in [0.4, 0.5) is 15.8 Å². The first-order valence-corrected chi connectivity index (χ1v) is 9.93. The van der Waals surface area contributed by atoms with Gasteiger partial charge in [-0.25, -0.2) is 9.37 Å². The summed E-state index contributed by atoms with van der Waals surface area (Å²) in [5.74, 6) is -0.00763. The Balaban J connectivity index is 1.61. The van der Waals surface area contributed by atoms with E-state index in [1.807, 2.05) is 51.1 Å². The molecule has 0 aliphatic carbocycles. The van der Waals surface area contributed by atoms with E-state index in [1.54, 1.807) is 23.4 Å². The van der Waals surface area contributed by atoms with E-state index in [4.69, 9.17) is 0 Å². The Morgan fingerprint density at radius 2 is 1.87 bits per heavy atom. The van der Waals surface area contributed by atoms with Crippen molar-refractivity contribution in [3.8, 4) is 22.6 Å². The Morgan fingerprint density at radius 1 is 1.03 bits per heavy atom. The number of aryl methyl sites for hydroxylation is 1. The largest absolute Gasteiger partial charge is 0.338 e. The van der Waals surface area contributed by atoms with E-state index in [0.717, 1.165) is 40.1 Å². The summed E-state index contributed by atoms with van der Waals surface area (Å²) in [5.41, 5.74) is 4.69. The van der Waals surface area contributed by atoms with Gasteiger partial charge in [0.15, 0.2) is 5.82 Å². The van der Waals surface area contributed by atoms with Gasteiger partial charge < -0.3 is 4.98 Å². The molecule has 4 aromatic rings. The predicted molar refractivity (Wildman–Crippen MR) is 116 cm³/mol. The Kier molecular flexibility index (Phi) is 4.22. The number of carbonyl (C=O) groups is 1. The number of aromatic nitrogens is 4. The number of fused-ring (bicyclic) bond motifs is 1. The topological polar surface area (TPSA) is 74.8 Å². The summed E-state index contributed by atoms with van der Waals surface area (Å²) in [6.45, 7) is 5.77. The number of halogens is 1. The quantitative estimate of drug-likeness (QED) is 0.516. The number of hydrogen-bond acceptors (Lipinski definition) is 4. The van der Waals surface area contributed by atoms with Gasteiger partial charge in [-0.15, -0.1) is 0 Å². The first-order chi connectivity index (χ1) is 14.9. The van der Waals surface area contributed by atoms with Gasteiger partial charge in [0.1, 0.15) is 5.82 Å². The number of pyridine rings is 2. The van der Waals surface area contributed by atoms with Crippen molar-refractivity contribution in [3.05, 3.63) is 78.3 Å². The summed E-state index contributed by atoms with van der Waals surface area (Å²) < 4.78 is 14.1. The van der Waals surface area contributed by atoms with Gasteiger partial charge in [-0.05, 0) is 50.6 Å². The van der Waals surface area contributed by atoms with Gasteiger partial charge in [-0.3, -0.25) is 19.7 Å². The van der Waals surface area contributed by atoms with E-state index in [9.17, 15) is 9.18 Å². The molecule has 0 unspecified atom stereocenters. The van der Waals surface area contributed by atoms with Gasteiger partial charge in [0, 0.05) is 23.7 Å². The van der Waals surface area contributed by atoms with Crippen LogP contribution in [-0.2, 0) is 10.2 Å². The van der Waals surface area contributed by atoms with E-state index >= 15 is 0 Å². The maximum absolute atomic E-state index is 14.1. The Morgan fingerprint density at radius 3 is 2.65 bits per heavy atom. The van der Waals surface area contributed by atoms with Gasteiger partial charge in [-0.2, -0.15) is 0 Å². The number of imidazole rings is 1. The first-order valence-electron chi connectivity index (χ1n) is 9.93. The van der Waals surface area contributed by atoms with Gasteiger partial charge in [0.05, 0.1) is 40.4 Å². The molecule has 0 atom stereocenters. The van der Waals surface area contributed by atoms with Crippen LogP contribution < -0.4 is 4.90 Å². The zero-order valence-corrected chi connectivity index (χ0v) is 17.3. The zero-order chi connectivity index (χ0) is 21.8. The minimum absolute atomic E-state index is 0.00871. The van der Waals surface area contributed by atoms with Crippen LogP contribution in [0.1, 0.15) is 25.1 Å². The summed E-state index contributed by atoms with van der Waals surface area (Å²) >= 11 is 0. The molecule has 3 aromatic heterocycles. The molecule has 6 nitrogen and oxygen atoms in total. The average molecular weight is 413 g/mol. The van der Waals surface area contributed by atoms with Crippen LogP contribution in [0, 0.1) is 12.7 Å². The number of carbonyl (C=O) groups excluding carboxylic acids is 1. The molecule has 1 aliphatic rings. The molecule has 0 saturated heterocycles. The maximum Gasteiger partial charge on any atom is 0.241 e. The smallest absolute Gasteiger partial charge is 0.241 e. The van der Waals surface area contributed by atoms with Crippen molar-refractivity contribution in [2.75, 3.05) is 4.90 Å². The van der Waals surface area contributed by atoms with E-state index in [0.29, 0.717) is 11.4 Å². The monoisotopic (exact) mass is 413 g/mol. The van der Waals surface area contributed by atoms with E-state index in [1.165, 1.54) is 6.20 Å². The molecular formula is C24H20FN5O. The first kappa shape index (κ1) is 19.1. The van der Waals surface area contributed by atoms with Crippen LogP contribution in [0.25, 0.3) is 22.6 Å². The summed E-state index contributed by atoms with van der Waals surface area (Å²) in [6, 6.07) is 11.2. The minimum Gasteiger partial charge on any atom is -0.338 e. The number of rotatable bonds is 3. The Hall–Kier alpha value is -3.87. The van der Waals surface area contributed by atoms with Crippen molar-refractivity contribution in [1.29, 1.82) is 0 Å². The number of nitrogens with zero attached hydrogens (tertiary/aromatic N) is 4. The molecule has 1 N–H and O–H groups in total. The average Bonchev–Trinajstić information content (AvgIpc) is 3.30. The number of hydrogen-bond donors (Lipinski definition) is 1. The molecule has 31 heavy (non-hydrogen) atoms. The van der Waals surface area contributed by atoms with Crippen LogP contribution in [0.3, 0.4) is 0 Å². The third-order valence-corrected chi connectivity index (χ3v) is 5.70. The summed E-state index contributed by atoms with van der Waals surface area (Å²) in [5, 5.41) is 0. The van der Waals surface area contributed by atoms with Crippen molar-refractivity contribution >= 4 is 17.3 Å². The summed E-state index contributed by atoms with van der Waals surface area (Å²) in [6.07, 6.45) is 6.06. The van der Waals surface area contributed by atoms with Gasteiger partial charge in [0.2, 0.25) is 5.91 Å². The summed E-state index contributed by atoms with van der Waals surface area (Å²) in [4.78, 5) is 30.6. The van der Waals surface area contributed by atoms with Crippen molar-refractivity contribution < 1.29 is 9.18 Å². The number of aromatic amines is 1. The normalized spacial score (nSPS) is 14.7. The minimum atomic E-state index is -0.648. The number of H-pyrrole nitrogens is 1. The second-order valence-corrected chi connectivity index (χ2v) is 8.15. The number of benzene rings is 1. The van der Waals surface area contributed by atoms with Crippen LogP contribution in [0.2, 0.25) is 0 Å². The molecule has 0 saturated carbocycles. The van der Waals surface area contributed by atoms with Crippen molar-refractivity contribution in [1.82, 2.24) is 19.9 Å². The highest BCUT2D eigenvalue weighted by atomic mass is 19.1. The molecule has 1 amide bonds. The third-order valence-electron chi connectivity index (χ3n) is 5.70. The van der Waals surface area contributed by atoms with Crippen molar-refractivity contribution in [3.63, 3.8) is 0 Å². The molecule has 7 heteroatoms. The highest BCUT2D eigenvalue weighted by Crippen LogP contribution is 2.46. The fourth-order valence-corrected chi connectivity index (χ4v) is 4.01. The van der Waals surface area contributed by atoms with E-state index < -0.39 is 11.2 Å². The van der Waals surface area contributed by atoms with Crippen LogP contribution in [-0.4, -0.2) is 25.8 Å². The Labute approximate surface area is 178 Å². The fraction of sp³-hybridized carbons (Fsp3) is 0.167. The fourth-order valence-electron chi connectivity index (χ4n) is 4.01. The number of nitrogens with one attached hydrogen (secondary N) is 1. The number of anilines is 2. The highest BCUT2D eigenvalue weighted by Gasteiger charge is 2.44. The molecule has 1 aliphatic heterocycles. The van der Waals surface area contributed by atoms with Crippen LogP contribution in [0.5, 0.6) is 0 Å². The van der Waals surface area contributed by atoms with Crippen molar-refractivity contribution in [2.45, 2.75) is 26.2 Å². The lowest BCUT2D eigenvalue weighted by Gasteiger charge is -2.20. The van der Waals surface area contributed by atoms with Gasteiger partial charge in [-0.1, -0.05) is 12.1 Å². The molecule has 0 fully saturated rings. The third kappa shape index (κ3) is 3.01. The highest BCUT2D eigenvalue weighted by molar-refractivity contribution is 6.13. The Bertz CT molecular complexity index is 1330. The maximum atomic E-state index is 14.1. The van der Waals surface area contributed by atoms with E-state index in [2.05, 4.69) is 19.9 Å². The lowest BCUT2D eigenvalue weighted by molar-refractivity contribution is -0.121. The van der Waals surface area contributed by atoms with Crippen LogP contribution >= 0.6 is 0 Å². The second-order valence-electron chi connectivity index (χ2n) is 8.15. The molecule has 1 aromatic carbocycles. The van der Waals surface area contributed by atoms with Gasteiger partial charge in [0.25, 0.3) is 0 Å². The molecule has 0 spiro atoms. The van der Waals surface area contributed by atoms with E-state index in [-0.39, 0.29) is 5.91 Å². The predicted octanol–water partition coefficient (Wildman–Crippen LogP) is 4.94. The standard InChI is InChI=1S/C24H20FN5O/c1-14-10-16(6-9-27-14)30-21-11-15(4-5-18(21)24(2,3)23(30)31)20-13-28-22(29-20)17-7-8-26-12-19(17)25/h4-13H,1-3H3,(H,28,29). The SMILES string of the molecule is Cc1cc(N2C(=O)C(C)(C)c3ccc(-c4cnc(-c5ccncc5F)[nH]4)cc32)ccn1. The van der Waals surface area contributed by atoms with Gasteiger partial charge >= 0.3 is 0 Å². The molecule has 0 radical (unpaired) electrons. The number of amides is 1. The zero-order valence-electron chi connectivity index (χ0n) is 17.3. The molecule has 154 valence electrons.